The van der Waals surface area contributed by atoms with E-state index < -0.39 is 6.04 Å². The normalized spacial score (nSPS) is 21.0. The number of amides is 3. The molecule has 1 aliphatic rings. The third-order valence-electron chi connectivity index (χ3n) is 1.51. The van der Waals surface area contributed by atoms with Gasteiger partial charge in [0, 0.05) is 13.1 Å². The summed E-state index contributed by atoms with van der Waals surface area (Å²) >= 11 is 0. The highest BCUT2D eigenvalue weighted by Gasteiger charge is 2.25. The van der Waals surface area contributed by atoms with Crippen molar-refractivity contribution in [3.63, 3.8) is 0 Å². The molecule has 3 amide bonds. The molecule has 5 heteroatoms. The Morgan fingerprint density at radius 3 is 3.08 bits per heavy atom. The number of rotatable bonds is 3. The second-order valence-electron chi connectivity index (χ2n) is 2.44. The van der Waals surface area contributed by atoms with Gasteiger partial charge in [-0.3, -0.25) is 4.79 Å². The van der Waals surface area contributed by atoms with Crippen molar-refractivity contribution in [2.45, 2.75) is 6.04 Å². The molecule has 0 spiro atoms. The summed E-state index contributed by atoms with van der Waals surface area (Å²) in [5, 5.41) is 7.54. The van der Waals surface area contributed by atoms with Gasteiger partial charge < -0.3 is 16.0 Å². The second-order valence-corrected chi connectivity index (χ2v) is 2.44. The molecule has 1 heterocycles. The molecule has 1 unspecified atom stereocenters. The monoisotopic (exact) mass is 169 g/mol. The molecule has 1 atom stereocenters. The fourth-order valence-electron chi connectivity index (χ4n) is 0.909. The molecule has 5 nitrogen and oxygen atoms in total. The first-order chi connectivity index (χ1) is 5.74. The lowest BCUT2D eigenvalue weighted by atomic mass is 10.3. The molecule has 1 aliphatic heterocycles. The Bertz CT molecular complexity index is 215. The average molecular weight is 169 g/mol. The summed E-state index contributed by atoms with van der Waals surface area (Å²) in [6.07, 6.45) is 1.59. The van der Waals surface area contributed by atoms with E-state index in [0.29, 0.717) is 13.1 Å². The topological polar surface area (TPSA) is 70.2 Å². The summed E-state index contributed by atoms with van der Waals surface area (Å²) in [6, 6.07) is -0.744. The molecule has 0 saturated carbocycles. The molecule has 0 radical (unpaired) electrons. The van der Waals surface area contributed by atoms with Gasteiger partial charge >= 0.3 is 6.03 Å². The largest absolute Gasteiger partial charge is 0.351 e. The van der Waals surface area contributed by atoms with Gasteiger partial charge in [-0.2, -0.15) is 0 Å². The predicted molar refractivity (Wildman–Crippen MR) is 43.5 cm³/mol. The molecule has 0 aromatic rings. The van der Waals surface area contributed by atoms with E-state index in [2.05, 4.69) is 22.5 Å². The Morgan fingerprint density at radius 2 is 2.58 bits per heavy atom. The Balaban J connectivity index is 2.32. The zero-order chi connectivity index (χ0) is 8.97. The highest BCUT2D eigenvalue weighted by atomic mass is 16.2. The van der Waals surface area contributed by atoms with Crippen LogP contribution < -0.4 is 16.0 Å². The first-order valence-corrected chi connectivity index (χ1v) is 3.67. The Kier molecular flexibility index (Phi) is 2.68. The van der Waals surface area contributed by atoms with Crippen LogP contribution >= 0.6 is 0 Å². The van der Waals surface area contributed by atoms with Crippen molar-refractivity contribution in [2.75, 3.05) is 13.1 Å². The minimum Gasteiger partial charge on any atom is -0.351 e. The zero-order valence-corrected chi connectivity index (χ0v) is 6.59. The SMILES string of the molecule is C=CCNC(=O)C1CNC(=O)N1. The first-order valence-electron chi connectivity index (χ1n) is 3.67. The van der Waals surface area contributed by atoms with Crippen LogP contribution in [0.2, 0.25) is 0 Å². The summed E-state index contributed by atoms with van der Waals surface area (Å²) < 4.78 is 0. The van der Waals surface area contributed by atoms with Gasteiger partial charge in [0.05, 0.1) is 0 Å². The minimum absolute atomic E-state index is 0.187. The van der Waals surface area contributed by atoms with Gasteiger partial charge in [0.2, 0.25) is 5.91 Å². The maximum atomic E-state index is 11.1. The fourth-order valence-corrected chi connectivity index (χ4v) is 0.909. The van der Waals surface area contributed by atoms with E-state index in [0.717, 1.165) is 0 Å². The smallest absolute Gasteiger partial charge is 0.315 e. The van der Waals surface area contributed by atoms with Crippen molar-refractivity contribution in [3.8, 4) is 0 Å². The fraction of sp³-hybridized carbons (Fsp3) is 0.429. The molecular weight excluding hydrogens is 158 g/mol. The number of hydrogen-bond donors (Lipinski definition) is 3. The van der Waals surface area contributed by atoms with E-state index in [9.17, 15) is 9.59 Å². The average Bonchev–Trinajstić information content (AvgIpc) is 2.47. The summed E-state index contributed by atoms with van der Waals surface area (Å²) in [5.41, 5.74) is 0. The Labute approximate surface area is 70.2 Å². The highest BCUT2D eigenvalue weighted by molar-refractivity contribution is 5.90. The van der Waals surface area contributed by atoms with E-state index in [1.165, 1.54) is 0 Å². The number of nitrogens with one attached hydrogen (secondary N) is 3. The molecule has 66 valence electrons. The molecule has 1 rings (SSSR count). The molecule has 0 aromatic heterocycles. The van der Waals surface area contributed by atoms with Gasteiger partial charge in [-0.25, -0.2) is 4.79 Å². The lowest BCUT2D eigenvalue weighted by Crippen LogP contribution is -2.42. The van der Waals surface area contributed by atoms with E-state index >= 15 is 0 Å². The standard InChI is InChI=1S/C7H11N3O2/c1-2-3-8-6(11)5-4-9-7(12)10-5/h2,5H,1,3-4H2,(H,8,11)(H2,9,10,12). The van der Waals surface area contributed by atoms with Crippen molar-refractivity contribution < 1.29 is 9.59 Å². The van der Waals surface area contributed by atoms with Crippen molar-refractivity contribution in [1.29, 1.82) is 0 Å². The Hall–Kier alpha value is -1.52. The van der Waals surface area contributed by atoms with Crippen LogP contribution in [-0.2, 0) is 4.79 Å². The molecule has 1 fully saturated rings. The molecule has 12 heavy (non-hydrogen) atoms. The number of carbonyl (C=O) groups excluding carboxylic acids is 2. The van der Waals surface area contributed by atoms with E-state index in [1.807, 2.05) is 0 Å². The van der Waals surface area contributed by atoms with Crippen LogP contribution in [0.5, 0.6) is 0 Å². The lowest BCUT2D eigenvalue weighted by molar-refractivity contribution is -0.122. The third-order valence-corrected chi connectivity index (χ3v) is 1.51. The second kappa shape index (κ2) is 3.75. The summed E-state index contributed by atoms with van der Waals surface area (Å²) in [5.74, 6) is -0.187. The zero-order valence-electron chi connectivity index (χ0n) is 6.59. The molecular formula is C7H11N3O2. The van der Waals surface area contributed by atoms with Gasteiger partial charge in [0.25, 0.3) is 0 Å². The van der Waals surface area contributed by atoms with Gasteiger partial charge in [-0.1, -0.05) is 6.08 Å². The maximum Gasteiger partial charge on any atom is 0.315 e. The number of carbonyl (C=O) groups is 2. The molecule has 0 aliphatic carbocycles. The van der Waals surface area contributed by atoms with Crippen LogP contribution in [0.4, 0.5) is 4.79 Å². The van der Waals surface area contributed by atoms with E-state index in [4.69, 9.17) is 0 Å². The van der Waals surface area contributed by atoms with Crippen molar-refractivity contribution >= 4 is 11.9 Å². The van der Waals surface area contributed by atoms with Crippen molar-refractivity contribution in [3.05, 3.63) is 12.7 Å². The van der Waals surface area contributed by atoms with Crippen LogP contribution in [0, 0.1) is 0 Å². The first kappa shape index (κ1) is 8.58. The van der Waals surface area contributed by atoms with Crippen LogP contribution in [0.3, 0.4) is 0 Å². The minimum atomic E-state index is -0.447. The highest BCUT2D eigenvalue weighted by Crippen LogP contribution is 1.89. The summed E-state index contributed by atoms with van der Waals surface area (Å²) in [7, 11) is 0. The maximum absolute atomic E-state index is 11.1. The van der Waals surface area contributed by atoms with Gasteiger partial charge in [0.1, 0.15) is 6.04 Å². The number of hydrogen-bond acceptors (Lipinski definition) is 2. The molecule has 1 saturated heterocycles. The molecule has 0 bridgehead atoms. The van der Waals surface area contributed by atoms with Gasteiger partial charge in [0.15, 0.2) is 0 Å². The summed E-state index contributed by atoms with van der Waals surface area (Å²) in [6.45, 7) is 4.23. The van der Waals surface area contributed by atoms with E-state index in [-0.39, 0.29) is 11.9 Å². The van der Waals surface area contributed by atoms with Crippen LogP contribution in [0.1, 0.15) is 0 Å². The van der Waals surface area contributed by atoms with E-state index in [1.54, 1.807) is 6.08 Å². The predicted octanol–water partition coefficient (Wildman–Crippen LogP) is -1.03. The molecule has 3 N–H and O–H groups in total. The van der Waals surface area contributed by atoms with Crippen molar-refractivity contribution in [2.24, 2.45) is 0 Å². The Morgan fingerprint density at radius 1 is 1.83 bits per heavy atom. The van der Waals surface area contributed by atoms with Crippen LogP contribution in [0.25, 0.3) is 0 Å². The van der Waals surface area contributed by atoms with Crippen LogP contribution in [-0.4, -0.2) is 31.1 Å². The number of urea groups is 1. The summed E-state index contributed by atoms with van der Waals surface area (Å²) in [4.78, 5) is 21.7. The van der Waals surface area contributed by atoms with Gasteiger partial charge in [-0.15, -0.1) is 6.58 Å². The quantitative estimate of drug-likeness (QED) is 0.473. The van der Waals surface area contributed by atoms with Gasteiger partial charge in [-0.05, 0) is 0 Å². The van der Waals surface area contributed by atoms with Crippen LogP contribution in [0.15, 0.2) is 12.7 Å². The molecule has 0 aromatic carbocycles. The lowest BCUT2D eigenvalue weighted by Gasteiger charge is -2.07. The van der Waals surface area contributed by atoms with Crippen molar-refractivity contribution in [1.82, 2.24) is 16.0 Å². The third kappa shape index (κ3) is 1.98.